The van der Waals surface area contributed by atoms with Gasteiger partial charge in [-0.25, -0.2) is 0 Å². The molecule has 19 heavy (non-hydrogen) atoms. The quantitative estimate of drug-likeness (QED) is 0.498. The first-order valence-electron chi connectivity index (χ1n) is 7.28. The van der Waals surface area contributed by atoms with Crippen LogP contribution in [-0.4, -0.2) is 56.6 Å². The Morgan fingerprint density at radius 2 is 1.95 bits per heavy atom. The van der Waals surface area contributed by atoms with Crippen molar-refractivity contribution in [1.82, 2.24) is 4.90 Å². The summed E-state index contributed by atoms with van der Waals surface area (Å²) in [6.45, 7) is 6.97. The molecule has 0 unspecified atom stereocenters. The van der Waals surface area contributed by atoms with E-state index in [2.05, 4.69) is 4.90 Å². The Kier molecular flexibility index (Phi) is 8.02. The van der Waals surface area contributed by atoms with E-state index in [1.807, 2.05) is 13.8 Å². The highest BCUT2D eigenvalue weighted by molar-refractivity contribution is 5.75. The molecule has 1 aliphatic heterocycles. The van der Waals surface area contributed by atoms with Gasteiger partial charge in [0.1, 0.15) is 6.04 Å². The maximum Gasteiger partial charge on any atom is 0.323 e. The average molecular weight is 273 g/mol. The fourth-order valence-electron chi connectivity index (χ4n) is 2.52. The van der Waals surface area contributed by atoms with Crippen LogP contribution in [0.5, 0.6) is 0 Å². The van der Waals surface area contributed by atoms with E-state index in [1.54, 1.807) is 0 Å². The number of piperidine rings is 1. The summed E-state index contributed by atoms with van der Waals surface area (Å²) >= 11 is 0. The second-order valence-electron chi connectivity index (χ2n) is 4.70. The van der Waals surface area contributed by atoms with Gasteiger partial charge in [0, 0.05) is 26.2 Å². The van der Waals surface area contributed by atoms with Gasteiger partial charge in [0.05, 0.1) is 7.11 Å². The van der Waals surface area contributed by atoms with Crippen molar-refractivity contribution in [1.29, 1.82) is 0 Å². The molecule has 1 rings (SSSR count). The van der Waals surface area contributed by atoms with E-state index >= 15 is 0 Å². The number of rotatable bonds is 8. The van der Waals surface area contributed by atoms with Gasteiger partial charge in [-0.1, -0.05) is 6.42 Å². The molecule has 112 valence electrons. The van der Waals surface area contributed by atoms with Crippen molar-refractivity contribution < 1.29 is 19.0 Å². The number of carbonyl (C=O) groups excluding carboxylic acids is 1. The molecule has 1 aliphatic rings. The van der Waals surface area contributed by atoms with Crippen LogP contribution in [0, 0.1) is 0 Å². The highest BCUT2D eigenvalue weighted by Gasteiger charge is 2.29. The number of methoxy groups -OCH3 is 1. The van der Waals surface area contributed by atoms with E-state index in [-0.39, 0.29) is 18.3 Å². The number of hydrogen-bond donors (Lipinski definition) is 0. The molecule has 0 bridgehead atoms. The lowest BCUT2D eigenvalue weighted by molar-refractivity contribution is -0.153. The Balaban J connectivity index is 2.45. The topological polar surface area (TPSA) is 48.0 Å². The largest absolute Gasteiger partial charge is 0.468 e. The molecule has 5 nitrogen and oxygen atoms in total. The fraction of sp³-hybridized carbons (Fsp3) is 0.929. The summed E-state index contributed by atoms with van der Waals surface area (Å²) in [5.74, 6) is -0.121. The van der Waals surface area contributed by atoms with Crippen LogP contribution < -0.4 is 0 Å². The molecule has 1 heterocycles. The molecule has 0 aliphatic carbocycles. The van der Waals surface area contributed by atoms with E-state index < -0.39 is 0 Å². The summed E-state index contributed by atoms with van der Waals surface area (Å²) in [6.07, 6.45) is 3.74. The summed E-state index contributed by atoms with van der Waals surface area (Å²) in [7, 11) is 1.46. The Hall–Kier alpha value is -0.650. The van der Waals surface area contributed by atoms with Crippen molar-refractivity contribution in [2.24, 2.45) is 0 Å². The maximum absolute atomic E-state index is 11.7. The van der Waals surface area contributed by atoms with E-state index in [4.69, 9.17) is 14.2 Å². The van der Waals surface area contributed by atoms with E-state index in [9.17, 15) is 4.79 Å². The maximum atomic E-state index is 11.7. The molecule has 0 aromatic rings. The van der Waals surface area contributed by atoms with Gasteiger partial charge in [-0.2, -0.15) is 0 Å². The first-order valence-corrected chi connectivity index (χ1v) is 7.28. The van der Waals surface area contributed by atoms with Gasteiger partial charge in [-0.15, -0.1) is 0 Å². The van der Waals surface area contributed by atoms with Crippen LogP contribution in [0.1, 0.15) is 39.5 Å². The lowest BCUT2D eigenvalue weighted by atomic mass is 10.0. The Bertz CT molecular complexity index is 254. The zero-order valence-corrected chi connectivity index (χ0v) is 12.4. The minimum atomic E-state index is -0.171. The first-order chi connectivity index (χ1) is 9.22. The van der Waals surface area contributed by atoms with Crippen molar-refractivity contribution in [3.8, 4) is 0 Å². The molecule has 0 spiro atoms. The van der Waals surface area contributed by atoms with Gasteiger partial charge >= 0.3 is 5.97 Å². The van der Waals surface area contributed by atoms with Crippen molar-refractivity contribution in [2.45, 2.75) is 51.9 Å². The second kappa shape index (κ2) is 9.28. The summed E-state index contributed by atoms with van der Waals surface area (Å²) in [4.78, 5) is 13.9. The molecule has 0 radical (unpaired) electrons. The van der Waals surface area contributed by atoms with Gasteiger partial charge in [0.15, 0.2) is 6.29 Å². The summed E-state index contributed by atoms with van der Waals surface area (Å²) < 4.78 is 15.9. The predicted molar refractivity (Wildman–Crippen MR) is 72.9 cm³/mol. The van der Waals surface area contributed by atoms with Gasteiger partial charge in [-0.05, 0) is 33.2 Å². The van der Waals surface area contributed by atoms with Crippen LogP contribution in [0.25, 0.3) is 0 Å². The van der Waals surface area contributed by atoms with Gasteiger partial charge in [0.2, 0.25) is 0 Å². The van der Waals surface area contributed by atoms with Gasteiger partial charge in [-0.3, -0.25) is 9.69 Å². The molecular weight excluding hydrogens is 246 g/mol. The molecule has 0 aromatic heterocycles. The summed E-state index contributed by atoms with van der Waals surface area (Å²) in [5.41, 5.74) is 0. The van der Waals surface area contributed by atoms with E-state index in [0.29, 0.717) is 13.2 Å². The molecule has 5 heteroatoms. The minimum absolute atomic E-state index is 0.0948. The van der Waals surface area contributed by atoms with Crippen molar-refractivity contribution >= 4 is 5.97 Å². The van der Waals surface area contributed by atoms with Crippen molar-refractivity contribution in [3.05, 3.63) is 0 Å². The van der Waals surface area contributed by atoms with E-state index in [0.717, 1.165) is 38.8 Å². The monoisotopic (exact) mass is 273 g/mol. The standard InChI is InChI=1S/C14H27NO4/c1-4-18-13(19-5-2)9-11-15-10-7-6-8-12(15)14(16)17-3/h12-13H,4-11H2,1-3H3/t12-/m1/s1. The van der Waals surface area contributed by atoms with Gasteiger partial charge < -0.3 is 14.2 Å². The predicted octanol–water partition coefficient (Wildman–Crippen LogP) is 1.80. The molecule has 0 saturated carbocycles. The number of ether oxygens (including phenoxy) is 3. The van der Waals surface area contributed by atoms with Gasteiger partial charge in [0.25, 0.3) is 0 Å². The smallest absolute Gasteiger partial charge is 0.323 e. The third kappa shape index (κ3) is 5.47. The van der Waals surface area contributed by atoms with Crippen molar-refractivity contribution in [3.63, 3.8) is 0 Å². The molecular formula is C14H27NO4. The van der Waals surface area contributed by atoms with Crippen molar-refractivity contribution in [2.75, 3.05) is 33.4 Å². The average Bonchev–Trinajstić information content (AvgIpc) is 2.44. The third-order valence-corrected chi connectivity index (χ3v) is 3.44. The molecule has 0 N–H and O–H groups in total. The van der Waals surface area contributed by atoms with E-state index in [1.165, 1.54) is 7.11 Å². The molecule has 0 amide bonds. The normalized spacial score (nSPS) is 20.7. The zero-order valence-electron chi connectivity index (χ0n) is 12.4. The highest BCUT2D eigenvalue weighted by atomic mass is 16.7. The number of carbonyl (C=O) groups is 1. The van der Waals surface area contributed by atoms with Crippen LogP contribution in [0.15, 0.2) is 0 Å². The third-order valence-electron chi connectivity index (χ3n) is 3.44. The van der Waals surface area contributed by atoms with Crippen LogP contribution in [0.4, 0.5) is 0 Å². The number of nitrogens with zero attached hydrogens (tertiary/aromatic N) is 1. The lowest BCUT2D eigenvalue weighted by Crippen LogP contribution is -2.46. The Morgan fingerprint density at radius 1 is 1.26 bits per heavy atom. The molecule has 1 fully saturated rings. The SMILES string of the molecule is CCOC(CCN1CCCC[C@@H]1C(=O)OC)OCC. The Labute approximate surface area is 116 Å². The minimum Gasteiger partial charge on any atom is -0.468 e. The van der Waals surface area contributed by atoms with Crippen LogP contribution >= 0.6 is 0 Å². The molecule has 0 aromatic carbocycles. The summed E-state index contributed by atoms with van der Waals surface area (Å²) in [6, 6.07) is -0.0948. The van der Waals surface area contributed by atoms with Crippen LogP contribution in [0.2, 0.25) is 0 Å². The molecule has 1 atom stereocenters. The highest BCUT2D eigenvalue weighted by Crippen LogP contribution is 2.19. The summed E-state index contributed by atoms with van der Waals surface area (Å²) in [5, 5.41) is 0. The lowest BCUT2D eigenvalue weighted by Gasteiger charge is -2.34. The number of hydrogen-bond acceptors (Lipinski definition) is 5. The zero-order chi connectivity index (χ0) is 14.1. The number of likely N-dealkylation sites (tertiary alicyclic amines) is 1. The second-order valence-corrected chi connectivity index (χ2v) is 4.70. The molecule has 1 saturated heterocycles. The number of esters is 1. The Morgan fingerprint density at radius 3 is 2.53 bits per heavy atom. The van der Waals surface area contributed by atoms with Crippen LogP contribution in [0.3, 0.4) is 0 Å². The first kappa shape index (κ1) is 16.4. The van der Waals surface area contributed by atoms with Crippen LogP contribution in [-0.2, 0) is 19.0 Å². The fourth-order valence-corrected chi connectivity index (χ4v) is 2.52.